The van der Waals surface area contributed by atoms with Gasteiger partial charge in [-0.3, -0.25) is 9.69 Å². The number of anilines is 2. The van der Waals surface area contributed by atoms with Crippen LogP contribution in [0.15, 0.2) is 42.7 Å². The zero-order valence-corrected chi connectivity index (χ0v) is 22.2. The van der Waals surface area contributed by atoms with Crippen LogP contribution in [0.1, 0.15) is 76.8 Å². The number of halogens is 1. The summed E-state index contributed by atoms with van der Waals surface area (Å²) in [5, 5.41) is 15.0. The summed E-state index contributed by atoms with van der Waals surface area (Å²) in [4.78, 5) is 15.4. The fourth-order valence-corrected chi connectivity index (χ4v) is 5.65. The number of amides is 1. The van der Waals surface area contributed by atoms with Crippen molar-refractivity contribution in [2.75, 3.05) is 11.5 Å². The number of carbonyl (C=O) groups is 1. The highest BCUT2D eigenvalue weighted by atomic mass is 35.5. The van der Waals surface area contributed by atoms with Crippen LogP contribution in [0.4, 0.5) is 11.4 Å². The maximum absolute atomic E-state index is 13.7. The number of carbonyl (C=O) groups excluding carboxylic acids is 1. The van der Waals surface area contributed by atoms with Crippen LogP contribution >= 0.6 is 11.6 Å². The van der Waals surface area contributed by atoms with Crippen molar-refractivity contribution in [3.63, 3.8) is 0 Å². The number of fused-ring (bicyclic) bond motifs is 1. The van der Waals surface area contributed by atoms with Crippen molar-refractivity contribution in [2.45, 2.75) is 70.9 Å². The first-order chi connectivity index (χ1) is 17.0. The smallest absolute Gasteiger partial charge is 0.241 e. The van der Waals surface area contributed by atoms with Gasteiger partial charge in [0.05, 0.1) is 33.6 Å². The third kappa shape index (κ3) is 3.91. The van der Waals surface area contributed by atoms with Gasteiger partial charge < -0.3 is 4.74 Å². The van der Waals surface area contributed by atoms with Gasteiger partial charge in [0.25, 0.3) is 0 Å². The van der Waals surface area contributed by atoms with E-state index in [4.69, 9.17) is 16.3 Å². The summed E-state index contributed by atoms with van der Waals surface area (Å²) in [5.74, 6) is -0.0861. The Morgan fingerprint density at radius 3 is 2.56 bits per heavy atom. The van der Waals surface area contributed by atoms with Crippen molar-refractivity contribution in [1.29, 1.82) is 5.26 Å². The van der Waals surface area contributed by atoms with Gasteiger partial charge in [0, 0.05) is 18.4 Å². The summed E-state index contributed by atoms with van der Waals surface area (Å²) >= 11 is 6.71. The monoisotopic (exact) mass is 502 g/mol. The average Bonchev–Trinajstić information content (AvgIpc) is 3.41. The van der Waals surface area contributed by atoms with E-state index < -0.39 is 5.41 Å². The van der Waals surface area contributed by atoms with E-state index >= 15 is 0 Å². The molecule has 7 heteroatoms. The Kier molecular flexibility index (Phi) is 5.97. The molecule has 6 nitrogen and oxygen atoms in total. The zero-order chi connectivity index (χ0) is 25.8. The predicted molar refractivity (Wildman–Crippen MR) is 142 cm³/mol. The Morgan fingerprint density at radius 2 is 1.89 bits per heavy atom. The lowest BCUT2D eigenvalue weighted by Crippen LogP contribution is -2.33. The molecule has 2 aliphatic heterocycles. The minimum atomic E-state index is -0.768. The maximum Gasteiger partial charge on any atom is 0.241 e. The Bertz CT molecular complexity index is 1390. The van der Waals surface area contributed by atoms with Crippen LogP contribution in [0.25, 0.3) is 11.1 Å². The molecule has 2 aliphatic rings. The van der Waals surface area contributed by atoms with Crippen LogP contribution in [0.5, 0.6) is 0 Å². The molecule has 186 valence electrons. The second-order valence-electron chi connectivity index (χ2n) is 11.2. The van der Waals surface area contributed by atoms with Crippen molar-refractivity contribution in [3.05, 3.63) is 64.4 Å². The molecule has 1 amide bonds. The fraction of sp³-hybridized carbons (Fsp3) is 0.414. The van der Waals surface area contributed by atoms with Gasteiger partial charge >= 0.3 is 0 Å². The number of rotatable bonds is 3. The van der Waals surface area contributed by atoms with Gasteiger partial charge in [-0.1, -0.05) is 44.5 Å². The Balaban J connectivity index is 1.57. The van der Waals surface area contributed by atoms with Crippen LogP contribution in [0, 0.1) is 11.3 Å². The number of aromatic nitrogens is 2. The molecule has 3 heterocycles. The lowest BCUT2D eigenvalue weighted by Gasteiger charge is -2.26. The number of benzene rings is 2. The summed E-state index contributed by atoms with van der Waals surface area (Å²) < 4.78 is 7.76. The van der Waals surface area contributed by atoms with Gasteiger partial charge in [0.1, 0.15) is 12.3 Å². The van der Waals surface area contributed by atoms with E-state index in [1.807, 2.05) is 55.2 Å². The molecular weight excluding hydrogens is 472 g/mol. The highest BCUT2D eigenvalue weighted by Gasteiger charge is 2.45. The molecule has 5 rings (SSSR count). The molecule has 1 atom stereocenters. The number of ether oxygens (including phenoxy) is 1. The van der Waals surface area contributed by atoms with E-state index in [0.717, 1.165) is 53.8 Å². The fourth-order valence-electron chi connectivity index (χ4n) is 5.17. The number of nitriles is 1. The van der Waals surface area contributed by atoms with E-state index in [0.29, 0.717) is 16.3 Å². The van der Waals surface area contributed by atoms with E-state index in [2.05, 4.69) is 38.0 Å². The van der Waals surface area contributed by atoms with Crippen LogP contribution in [-0.2, 0) is 20.4 Å². The van der Waals surface area contributed by atoms with Crippen molar-refractivity contribution in [2.24, 2.45) is 0 Å². The largest absolute Gasteiger partial charge is 0.357 e. The third-order valence-corrected chi connectivity index (χ3v) is 7.71. The first-order valence-electron chi connectivity index (χ1n) is 12.4. The first kappa shape index (κ1) is 24.5. The molecule has 36 heavy (non-hydrogen) atoms. The normalized spacial score (nSPS) is 19.3. The molecule has 2 aromatic carbocycles. The summed E-state index contributed by atoms with van der Waals surface area (Å²) in [6.07, 6.45) is 7.02. The average molecular weight is 503 g/mol. The molecule has 0 aliphatic carbocycles. The van der Waals surface area contributed by atoms with Gasteiger partial charge in [-0.2, -0.15) is 10.4 Å². The van der Waals surface area contributed by atoms with Gasteiger partial charge in [-0.25, -0.2) is 4.68 Å². The summed E-state index contributed by atoms with van der Waals surface area (Å²) in [6, 6.07) is 12.0. The first-order valence-corrected chi connectivity index (χ1v) is 12.8. The molecule has 3 aromatic rings. The molecular formula is C29H31ClN4O2. The van der Waals surface area contributed by atoms with Crippen molar-refractivity contribution >= 4 is 28.9 Å². The van der Waals surface area contributed by atoms with Crippen LogP contribution in [-0.4, -0.2) is 22.3 Å². The molecule has 0 saturated carbocycles. The molecule has 1 aromatic heterocycles. The quantitative estimate of drug-likeness (QED) is 0.385. The van der Waals surface area contributed by atoms with E-state index in [1.165, 1.54) is 0 Å². The topological polar surface area (TPSA) is 71.2 Å². The molecule has 0 radical (unpaired) electrons. The number of hydrogen-bond donors (Lipinski definition) is 0. The second kappa shape index (κ2) is 8.76. The molecule has 1 fully saturated rings. The van der Waals surface area contributed by atoms with E-state index in [1.54, 1.807) is 4.90 Å². The summed E-state index contributed by atoms with van der Waals surface area (Å²) in [5.41, 5.74) is 4.36. The number of nitrogens with zero attached hydrogens (tertiary/aromatic N) is 4. The minimum Gasteiger partial charge on any atom is -0.357 e. The zero-order valence-electron chi connectivity index (χ0n) is 21.4. The molecule has 0 N–H and O–H groups in total. The minimum absolute atomic E-state index is 0.0272. The van der Waals surface area contributed by atoms with Crippen molar-refractivity contribution in [3.8, 4) is 17.2 Å². The van der Waals surface area contributed by atoms with E-state index in [9.17, 15) is 10.1 Å². The van der Waals surface area contributed by atoms with Crippen LogP contribution in [0.3, 0.4) is 0 Å². The highest BCUT2D eigenvalue weighted by molar-refractivity contribution is 6.33. The van der Waals surface area contributed by atoms with Gasteiger partial charge in [0.15, 0.2) is 0 Å². The lowest BCUT2D eigenvalue weighted by atomic mass is 9.85. The van der Waals surface area contributed by atoms with Crippen molar-refractivity contribution in [1.82, 2.24) is 9.78 Å². The van der Waals surface area contributed by atoms with Crippen LogP contribution in [0.2, 0.25) is 5.02 Å². The lowest BCUT2D eigenvalue weighted by molar-refractivity contribution is -0.121. The molecule has 0 spiro atoms. The van der Waals surface area contributed by atoms with E-state index in [-0.39, 0.29) is 17.6 Å². The summed E-state index contributed by atoms with van der Waals surface area (Å²) in [7, 11) is 0. The van der Waals surface area contributed by atoms with Gasteiger partial charge in [0.2, 0.25) is 5.91 Å². The van der Waals surface area contributed by atoms with Gasteiger partial charge in [-0.05, 0) is 73.4 Å². The van der Waals surface area contributed by atoms with Crippen LogP contribution < -0.4 is 4.90 Å². The Morgan fingerprint density at radius 1 is 1.14 bits per heavy atom. The Hall–Kier alpha value is -3.14. The molecule has 0 bridgehead atoms. The maximum atomic E-state index is 13.7. The molecule has 1 saturated heterocycles. The Labute approximate surface area is 217 Å². The van der Waals surface area contributed by atoms with Gasteiger partial charge in [-0.15, -0.1) is 0 Å². The third-order valence-electron chi connectivity index (χ3n) is 7.31. The standard InChI is InChI=1S/C29H31ClN4O2/c1-28(2,3)21-10-12-23(20(15-31)26(21)30)34-24-11-9-18(14-22(24)29(4,5)27(34)35)19-16-32-33(17-19)25-8-6-7-13-36-25/h9-12,14,16-17,25H,6-8,13H2,1-5H3. The second-order valence-corrected chi connectivity index (χ2v) is 11.6. The summed E-state index contributed by atoms with van der Waals surface area (Å²) in [6.45, 7) is 10.8. The van der Waals surface area contributed by atoms with Crippen molar-refractivity contribution < 1.29 is 9.53 Å². The highest BCUT2D eigenvalue weighted by Crippen LogP contribution is 2.49. The number of hydrogen-bond acceptors (Lipinski definition) is 4. The molecule has 1 unspecified atom stereocenters. The predicted octanol–water partition coefficient (Wildman–Crippen LogP) is 7.03. The SMILES string of the molecule is CC(C)(C)c1ccc(N2C(=O)C(C)(C)c3cc(-c4cnn(C5CCCCO5)c4)ccc32)c(C#N)c1Cl.